The molecular weight excluding hydrogens is 288 g/mol. The van der Waals surface area contributed by atoms with E-state index in [1.807, 2.05) is 25.1 Å². The van der Waals surface area contributed by atoms with Crippen LogP contribution in [0.1, 0.15) is 24.1 Å². The SMILES string of the molecule is CCNC(c1cc(F)cc(F)c1)c1csc2ccccc12. The molecule has 1 aromatic heterocycles. The fraction of sp³-hybridized carbons (Fsp3) is 0.176. The van der Waals surface area contributed by atoms with Gasteiger partial charge in [0.05, 0.1) is 6.04 Å². The van der Waals surface area contributed by atoms with E-state index in [0.717, 1.165) is 17.0 Å². The van der Waals surface area contributed by atoms with Gasteiger partial charge in [0.25, 0.3) is 0 Å². The molecule has 2 aromatic carbocycles. The fourth-order valence-electron chi connectivity index (χ4n) is 2.58. The first-order valence-corrected chi connectivity index (χ1v) is 7.72. The maximum absolute atomic E-state index is 13.5. The minimum atomic E-state index is -0.549. The van der Waals surface area contributed by atoms with Gasteiger partial charge in [-0.1, -0.05) is 25.1 Å². The third-order valence-electron chi connectivity index (χ3n) is 3.45. The summed E-state index contributed by atoms with van der Waals surface area (Å²) < 4.78 is 28.2. The molecule has 0 spiro atoms. The summed E-state index contributed by atoms with van der Waals surface area (Å²) in [7, 11) is 0. The molecule has 108 valence electrons. The average molecular weight is 303 g/mol. The Hall–Kier alpha value is -1.78. The van der Waals surface area contributed by atoms with Crippen molar-refractivity contribution in [3.63, 3.8) is 0 Å². The van der Waals surface area contributed by atoms with Crippen LogP contribution in [-0.2, 0) is 0 Å². The van der Waals surface area contributed by atoms with E-state index in [9.17, 15) is 8.78 Å². The van der Waals surface area contributed by atoms with Gasteiger partial charge in [-0.15, -0.1) is 11.3 Å². The second kappa shape index (κ2) is 5.92. The number of halogens is 2. The van der Waals surface area contributed by atoms with Crippen molar-refractivity contribution in [3.05, 3.63) is 70.6 Å². The molecule has 3 rings (SSSR count). The zero-order chi connectivity index (χ0) is 14.8. The zero-order valence-electron chi connectivity index (χ0n) is 11.6. The van der Waals surface area contributed by atoms with Gasteiger partial charge in [0.2, 0.25) is 0 Å². The van der Waals surface area contributed by atoms with Gasteiger partial charge in [0.1, 0.15) is 11.6 Å². The lowest BCUT2D eigenvalue weighted by Gasteiger charge is -2.18. The van der Waals surface area contributed by atoms with Crippen LogP contribution in [0.15, 0.2) is 47.8 Å². The predicted molar refractivity (Wildman–Crippen MR) is 83.7 cm³/mol. The summed E-state index contributed by atoms with van der Waals surface area (Å²) in [6.07, 6.45) is 0. The molecule has 0 aliphatic carbocycles. The number of hydrogen-bond donors (Lipinski definition) is 1. The highest BCUT2D eigenvalue weighted by Crippen LogP contribution is 2.33. The number of nitrogens with one attached hydrogen (secondary N) is 1. The number of thiophene rings is 1. The minimum Gasteiger partial charge on any atom is -0.306 e. The fourth-order valence-corrected chi connectivity index (χ4v) is 3.56. The van der Waals surface area contributed by atoms with E-state index >= 15 is 0 Å². The van der Waals surface area contributed by atoms with Gasteiger partial charge >= 0.3 is 0 Å². The Bertz CT molecular complexity index is 746. The molecule has 1 heterocycles. The van der Waals surface area contributed by atoms with Gasteiger partial charge in [-0.3, -0.25) is 0 Å². The molecule has 0 aliphatic rings. The van der Waals surface area contributed by atoms with Crippen LogP contribution < -0.4 is 5.32 Å². The Kier molecular flexibility index (Phi) is 3.99. The van der Waals surface area contributed by atoms with Gasteiger partial charge in [-0.25, -0.2) is 8.78 Å². The lowest BCUT2D eigenvalue weighted by Crippen LogP contribution is -2.22. The Morgan fingerprint density at radius 1 is 1.10 bits per heavy atom. The molecule has 0 aliphatic heterocycles. The second-order valence-corrected chi connectivity index (χ2v) is 5.79. The quantitative estimate of drug-likeness (QED) is 0.724. The van der Waals surface area contributed by atoms with Gasteiger partial charge in [0.15, 0.2) is 0 Å². The molecule has 0 amide bonds. The summed E-state index contributed by atoms with van der Waals surface area (Å²) in [6.45, 7) is 2.70. The maximum atomic E-state index is 13.5. The molecule has 1 nitrogen and oxygen atoms in total. The lowest BCUT2D eigenvalue weighted by molar-refractivity contribution is 0.566. The summed E-state index contributed by atoms with van der Waals surface area (Å²) in [5, 5.41) is 6.50. The molecule has 21 heavy (non-hydrogen) atoms. The van der Waals surface area contributed by atoms with Gasteiger partial charge in [0, 0.05) is 10.8 Å². The zero-order valence-corrected chi connectivity index (χ0v) is 12.4. The third-order valence-corrected chi connectivity index (χ3v) is 4.43. The highest BCUT2D eigenvalue weighted by Gasteiger charge is 2.18. The van der Waals surface area contributed by atoms with E-state index in [1.54, 1.807) is 11.3 Å². The van der Waals surface area contributed by atoms with Crippen LogP contribution in [0.3, 0.4) is 0 Å². The standard InChI is InChI=1S/C17H15F2NS/c1-2-20-17(11-7-12(18)9-13(19)8-11)15-10-21-16-6-4-3-5-14(15)16/h3-10,17,20H,2H2,1H3. The van der Waals surface area contributed by atoms with Crippen LogP contribution in [0.2, 0.25) is 0 Å². The summed E-state index contributed by atoms with van der Waals surface area (Å²) in [5.41, 5.74) is 1.67. The van der Waals surface area contributed by atoms with Crippen LogP contribution in [0, 0.1) is 11.6 Å². The van der Waals surface area contributed by atoms with Crippen molar-refractivity contribution < 1.29 is 8.78 Å². The van der Waals surface area contributed by atoms with Crippen molar-refractivity contribution in [2.75, 3.05) is 6.54 Å². The summed E-state index contributed by atoms with van der Waals surface area (Å²) in [5.74, 6) is -1.10. The van der Waals surface area contributed by atoms with Crippen LogP contribution >= 0.6 is 11.3 Å². The molecular formula is C17H15F2NS. The van der Waals surface area contributed by atoms with Crippen molar-refractivity contribution in [3.8, 4) is 0 Å². The van der Waals surface area contributed by atoms with E-state index in [2.05, 4.69) is 16.8 Å². The van der Waals surface area contributed by atoms with E-state index < -0.39 is 11.6 Å². The summed E-state index contributed by atoms with van der Waals surface area (Å²) in [4.78, 5) is 0. The van der Waals surface area contributed by atoms with Crippen molar-refractivity contribution in [1.82, 2.24) is 5.32 Å². The molecule has 1 unspecified atom stereocenters. The number of fused-ring (bicyclic) bond motifs is 1. The van der Waals surface area contributed by atoms with E-state index in [-0.39, 0.29) is 6.04 Å². The Labute approximate surface area is 126 Å². The van der Waals surface area contributed by atoms with E-state index in [1.165, 1.54) is 16.8 Å². The Morgan fingerprint density at radius 3 is 2.52 bits per heavy atom. The second-order valence-electron chi connectivity index (χ2n) is 4.88. The Morgan fingerprint density at radius 2 is 1.81 bits per heavy atom. The van der Waals surface area contributed by atoms with Crippen LogP contribution in [0.5, 0.6) is 0 Å². The normalized spacial score (nSPS) is 12.7. The smallest absolute Gasteiger partial charge is 0.126 e. The van der Waals surface area contributed by atoms with Gasteiger partial charge in [-0.05, 0) is 46.6 Å². The number of rotatable bonds is 4. The highest BCUT2D eigenvalue weighted by molar-refractivity contribution is 7.17. The van der Waals surface area contributed by atoms with Crippen LogP contribution in [0.4, 0.5) is 8.78 Å². The molecule has 1 N–H and O–H groups in total. The topological polar surface area (TPSA) is 12.0 Å². The first kappa shape index (κ1) is 14.2. The van der Waals surface area contributed by atoms with Crippen molar-refractivity contribution >= 4 is 21.4 Å². The largest absolute Gasteiger partial charge is 0.306 e. The average Bonchev–Trinajstić information content (AvgIpc) is 2.87. The molecule has 0 bridgehead atoms. The highest BCUT2D eigenvalue weighted by atomic mass is 32.1. The van der Waals surface area contributed by atoms with Crippen molar-refractivity contribution in [1.29, 1.82) is 0 Å². The molecule has 0 radical (unpaired) electrons. The molecule has 0 saturated heterocycles. The molecule has 0 fully saturated rings. The number of benzene rings is 2. The van der Waals surface area contributed by atoms with Crippen LogP contribution in [0.25, 0.3) is 10.1 Å². The monoisotopic (exact) mass is 303 g/mol. The van der Waals surface area contributed by atoms with Crippen molar-refractivity contribution in [2.24, 2.45) is 0 Å². The first-order chi connectivity index (χ1) is 10.2. The lowest BCUT2D eigenvalue weighted by atomic mass is 9.98. The molecule has 3 aromatic rings. The minimum absolute atomic E-state index is 0.212. The summed E-state index contributed by atoms with van der Waals surface area (Å²) in [6, 6.07) is 11.5. The molecule has 0 saturated carbocycles. The molecule has 4 heteroatoms. The third kappa shape index (κ3) is 2.82. The maximum Gasteiger partial charge on any atom is 0.126 e. The first-order valence-electron chi connectivity index (χ1n) is 6.84. The summed E-state index contributed by atoms with van der Waals surface area (Å²) >= 11 is 1.64. The van der Waals surface area contributed by atoms with Gasteiger partial charge < -0.3 is 5.32 Å². The molecule has 1 atom stereocenters. The van der Waals surface area contributed by atoms with E-state index in [4.69, 9.17) is 0 Å². The van der Waals surface area contributed by atoms with Crippen LogP contribution in [-0.4, -0.2) is 6.54 Å². The predicted octanol–water partition coefficient (Wildman–Crippen LogP) is 4.88. The van der Waals surface area contributed by atoms with Crippen molar-refractivity contribution in [2.45, 2.75) is 13.0 Å². The Balaban J connectivity index is 2.13. The van der Waals surface area contributed by atoms with Gasteiger partial charge in [-0.2, -0.15) is 0 Å². The number of hydrogen-bond acceptors (Lipinski definition) is 2. The van der Waals surface area contributed by atoms with E-state index in [0.29, 0.717) is 12.1 Å².